The highest BCUT2D eigenvalue weighted by Gasteiger charge is 2.16. The highest BCUT2D eigenvalue weighted by molar-refractivity contribution is 5.79. The molecule has 1 aromatic carbocycles. The first kappa shape index (κ1) is 12.6. The van der Waals surface area contributed by atoms with Crippen LogP contribution in [0.3, 0.4) is 0 Å². The highest BCUT2D eigenvalue weighted by atomic mass is 19.2. The van der Waals surface area contributed by atoms with Gasteiger partial charge >= 0.3 is 0 Å². The van der Waals surface area contributed by atoms with Crippen LogP contribution in [0.4, 0.5) is 8.78 Å². The van der Waals surface area contributed by atoms with Gasteiger partial charge in [0.1, 0.15) is 0 Å². The molecule has 16 heavy (non-hydrogen) atoms. The summed E-state index contributed by atoms with van der Waals surface area (Å²) in [6.45, 7) is 5.48. The van der Waals surface area contributed by atoms with Crippen molar-refractivity contribution in [1.82, 2.24) is 5.32 Å². The summed E-state index contributed by atoms with van der Waals surface area (Å²) in [4.78, 5) is 11.5. The Balaban J connectivity index is 2.74. The Labute approximate surface area is 93.7 Å². The van der Waals surface area contributed by atoms with Crippen LogP contribution in [0, 0.1) is 11.6 Å². The van der Waals surface area contributed by atoms with E-state index in [1.54, 1.807) is 0 Å². The molecule has 0 atom stereocenters. The molecule has 2 nitrogen and oxygen atoms in total. The number of benzene rings is 1. The van der Waals surface area contributed by atoms with Crippen molar-refractivity contribution in [3.63, 3.8) is 0 Å². The van der Waals surface area contributed by atoms with Crippen LogP contribution in [0.2, 0.25) is 0 Å². The molecule has 1 amide bonds. The van der Waals surface area contributed by atoms with E-state index in [2.05, 4.69) is 5.32 Å². The summed E-state index contributed by atoms with van der Waals surface area (Å²) in [6, 6.07) is 3.82. The number of hydrogen-bond donors (Lipinski definition) is 1. The van der Waals surface area contributed by atoms with Gasteiger partial charge in [-0.05, 0) is 26.8 Å². The van der Waals surface area contributed by atoms with Gasteiger partial charge in [-0.15, -0.1) is 0 Å². The fraction of sp³-hybridized carbons (Fsp3) is 0.417. The summed E-state index contributed by atoms with van der Waals surface area (Å²) in [7, 11) is 0. The molecule has 4 heteroatoms. The normalized spacial score (nSPS) is 11.3. The summed E-state index contributed by atoms with van der Waals surface area (Å²) in [5.41, 5.74) is -0.303. The highest BCUT2D eigenvalue weighted by Crippen LogP contribution is 2.12. The first-order valence-corrected chi connectivity index (χ1v) is 5.03. The minimum Gasteiger partial charge on any atom is -0.351 e. The third-order valence-corrected chi connectivity index (χ3v) is 1.90. The van der Waals surface area contributed by atoms with Crippen molar-refractivity contribution in [2.45, 2.75) is 32.7 Å². The number of carbonyl (C=O) groups excluding carboxylic acids is 1. The summed E-state index contributed by atoms with van der Waals surface area (Å²) >= 11 is 0. The Morgan fingerprint density at radius 3 is 2.50 bits per heavy atom. The van der Waals surface area contributed by atoms with Gasteiger partial charge in [0.25, 0.3) is 0 Å². The van der Waals surface area contributed by atoms with Gasteiger partial charge in [-0.1, -0.05) is 12.1 Å². The second kappa shape index (κ2) is 4.60. The number of halogens is 2. The monoisotopic (exact) mass is 227 g/mol. The third kappa shape index (κ3) is 3.61. The number of hydrogen-bond acceptors (Lipinski definition) is 1. The van der Waals surface area contributed by atoms with Crippen LogP contribution in [0.15, 0.2) is 18.2 Å². The van der Waals surface area contributed by atoms with E-state index < -0.39 is 11.6 Å². The Bertz CT molecular complexity index is 396. The maximum absolute atomic E-state index is 13.2. The summed E-state index contributed by atoms with van der Waals surface area (Å²) in [5, 5.41) is 2.69. The number of nitrogens with one attached hydrogen (secondary N) is 1. The fourth-order valence-electron chi connectivity index (χ4n) is 1.32. The van der Waals surface area contributed by atoms with E-state index in [4.69, 9.17) is 0 Å². The van der Waals surface area contributed by atoms with E-state index in [1.807, 2.05) is 20.8 Å². The van der Waals surface area contributed by atoms with E-state index >= 15 is 0 Å². The van der Waals surface area contributed by atoms with Crippen molar-refractivity contribution in [3.8, 4) is 0 Å². The Kier molecular flexibility index (Phi) is 3.62. The predicted octanol–water partition coefficient (Wildman–Crippen LogP) is 2.42. The van der Waals surface area contributed by atoms with Crippen molar-refractivity contribution in [2.24, 2.45) is 0 Å². The molecule has 1 N–H and O–H groups in total. The van der Waals surface area contributed by atoms with Gasteiger partial charge < -0.3 is 5.32 Å². The third-order valence-electron chi connectivity index (χ3n) is 1.90. The topological polar surface area (TPSA) is 29.1 Å². The van der Waals surface area contributed by atoms with Gasteiger partial charge in [-0.3, -0.25) is 4.79 Å². The lowest BCUT2D eigenvalue weighted by Crippen LogP contribution is -2.41. The lowest BCUT2D eigenvalue weighted by molar-refractivity contribution is -0.121. The standard InChI is InChI=1S/C12H15F2NO/c1-12(2,3)15-10(16)7-8-5-4-6-9(13)11(8)14/h4-6H,7H2,1-3H3,(H,15,16). The molecule has 1 aromatic rings. The van der Waals surface area contributed by atoms with Gasteiger partial charge in [-0.2, -0.15) is 0 Å². The Morgan fingerprint density at radius 2 is 1.94 bits per heavy atom. The predicted molar refractivity (Wildman–Crippen MR) is 58.0 cm³/mol. The van der Waals surface area contributed by atoms with E-state index in [1.165, 1.54) is 12.1 Å². The summed E-state index contributed by atoms with van der Waals surface area (Å²) in [6.07, 6.45) is -0.152. The van der Waals surface area contributed by atoms with Crippen LogP contribution in [0.5, 0.6) is 0 Å². The molecular formula is C12H15F2NO. The maximum Gasteiger partial charge on any atom is 0.224 e. The van der Waals surface area contributed by atoms with Crippen molar-refractivity contribution < 1.29 is 13.6 Å². The molecule has 0 saturated carbocycles. The van der Waals surface area contributed by atoms with Gasteiger partial charge in [0, 0.05) is 11.1 Å². The minimum absolute atomic E-state index is 0.0711. The molecule has 88 valence electrons. The molecule has 0 aliphatic rings. The van der Waals surface area contributed by atoms with Crippen molar-refractivity contribution >= 4 is 5.91 Å². The molecule has 1 rings (SSSR count). The van der Waals surface area contributed by atoms with E-state index in [0.717, 1.165) is 6.07 Å². The first-order valence-electron chi connectivity index (χ1n) is 5.03. The maximum atomic E-state index is 13.2. The summed E-state index contributed by atoms with van der Waals surface area (Å²) < 4.78 is 26.1. The van der Waals surface area contributed by atoms with Crippen LogP contribution >= 0.6 is 0 Å². The zero-order valence-corrected chi connectivity index (χ0v) is 9.60. The van der Waals surface area contributed by atoms with E-state index in [0.29, 0.717) is 0 Å². The Hall–Kier alpha value is -1.45. The zero-order chi connectivity index (χ0) is 12.3. The van der Waals surface area contributed by atoms with Crippen LogP contribution in [0.25, 0.3) is 0 Å². The first-order chi connectivity index (χ1) is 7.29. The quantitative estimate of drug-likeness (QED) is 0.826. The lowest BCUT2D eigenvalue weighted by Gasteiger charge is -2.20. The second-order valence-electron chi connectivity index (χ2n) is 4.69. The van der Waals surface area contributed by atoms with Crippen molar-refractivity contribution in [2.75, 3.05) is 0 Å². The van der Waals surface area contributed by atoms with Crippen LogP contribution < -0.4 is 5.32 Å². The zero-order valence-electron chi connectivity index (χ0n) is 9.60. The largest absolute Gasteiger partial charge is 0.351 e. The average Bonchev–Trinajstić information content (AvgIpc) is 2.09. The second-order valence-corrected chi connectivity index (χ2v) is 4.69. The SMILES string of the molecule is CC(C)(C)NC(=O)Cc1cccc(F)c1F. The van der Waals surface area contributed by atoms with E-state index in [9.17, 15) is 13.6 Å². The van der Waals surface area contributed by atoms with Crippen molar-refractivity contribution in [1.29, 1.82) is 0 Å². The van der Waals surface area contributed by atoms with Crippen LogP contribution in [-0.4, -0.2) is 11.4 Å². The molecular weight excluding hydrogens is 212 g/mol. The summed E-state index contributed by atoms with van der Waals surface area (Å²) in [5.74, 6) is -2.20. The molecule has 0 aromatic heterocycles. The fourth-order valence-corrected chi connectivity index (χ4v) is 1.32. The van der Waals surface area contributed by atoms with Crippen molar-refractivity contribution in [3.05, 3.63) is 35.4 Å². The van der Waals surface area contributed by atoms with Gasteiger partial charge in [0.05, 0.1) is 6.42 Å². The van der Waals surface area contributed by atoms with Crippen LogP contribution in [0.1, 0.15) is 26.3 Å². The Morgan fingerprint density at radius 1 is 1.31 bits per heavy atom. The van der Waals surface area contributed by atoms with Gasteiger partial charge in [0.15, 0.2) is 11.6 Å². The molecule has 0 saturated heterocycles. The van der Waals surface area contributed by atoms with E-state index in [-0.39, 0.29) is 23.4 Å². The molecule has 0 heterocycles. The van der Waals surface area contributed by atoms with Gasteiger partial charge in [-0.25, -0.2) is 8.78 Å². The number of amides is 1. The molecule has 0 fully saturated rings. The molecule has 0 radical (unpaired) electrons. The molecule has 0 spiro atoms. The minimum atomic E-state index is -0.952. The van der Waals surface area contributed by atoms with Gasteiger partial charge in [0.2, 0.25) is 5.91 Å². The lowest BCUT2D eigenvalue weighted by atomic mass is 10.1. The molecule has 0 bridgehead atoms. The molecule has 0 unspecified atom stereocenters. The molecule has 0 aliphatic heterocycles. The smallest absolute Gasteiger partial charge is 0.224 e. The number of carbonyl (C=O) groups is 1. The van der Waals surface area contributed by atoms with Crippen LogP contribution in [-0.2, 0) is 11.2 Å². The number of rotatable bonds is 2. The molecule has 0 aliphatic carbocycles. The average molecular weight is 227 g/mol.